The van der Waals surface area contributed by atoms with Crippen LogP contribution in [0.2, 0.25) is 0 Å². The molecule has 0 bridgehead atoms. The van der Waals surface area contributed by atoms with Crippen molar-refractivity contribution in [2.45, 2.75) is 52.9 Å². The number of hydrogen-bond acceptors (Lipinski definition) is 5. The first-order chi connectivity index (χ1) is 16.3. The number of nitrogens with one attached hydrogen (secondary N) is 1. The fourth-order valence-electron chi connectivity index (χ4n) is 4.15. The van der Waals surface area contributed by atoms with Gasteiger partial charge >= 0.3 is 5.97 Å². The van der Waals surface area contributed by atoms with Crippen LogP contribution in [0.3, 0.4) is 0 Å². The van der Waals surface area contributed by atoms with E-state index in [0.717, 1.165) is 17.5 Å². The van der Waals surface area contributed by atoms with Gasteiger partial charge in [-0.1, -0.05) is 38.1 Å². The molecule has 1 N–H and O–H groups in total. The van der Waals surface area contributed by atoms with Crippen LogP contribution in [-0.2, 0) is 6.42 Å². The molecule has 0 fully saturated rings. The molecule has 0 saturated heterocycles. The molecule has 0 aliphatic heterocycles. The number of furan rings is 1. The van der Waals surface area contributed by atoms with Gasteiger partial charge < -0.3 is 9.15 Å². The summed E-state index contributed by atoms with van der Waals surface area (Å²) in [5.74, 6) is -0.385. The molecule has 2 aromatic carbocycles. The van der Waals surface area contributed by atoms with Gasteiger partial charge in [-0.05, 0) is 61.9 Å². The second-order valence-electron chi connectivity index (χ2n) is 8.77. The summed E-state index contributed by atoms with van der Waals surface area (Å²) < 4.78 is 25.6. The fraction of sp³-hybridized carbons (Fsp3) is 0.296. The number of benzene rings is 2. The average molecular weight is 463 g/mol. The second-order valence-corrected chi connectivity index (χ2v) is 8.77. The fourth-order valence-corrected chi connectivity index (χ4v) is 4.15. The molecule has 0 atom stereocenters. The molecule has 0 radical (unpaired) electrons. The summed E-state index contributed by atoms with van der Waals surface area (Å²) in [6.07, 6.45) is 1.98. The molecule has 4 rings (SSSR count). The first kappa shape index (κ1) is 23.4. The zero-order chi connectivity index (χ0) is 24.4. The summed E-state index contributed by atoms with van der Waals surface area (Å²) in [6.45, 7) is 7.79. The van der Waals surface area contributed by atoms with Gasteiger partial charge in [0.15, 0.2) is 0 Å². The van der Waals surface area contributed by atoms with Crippen LogP contribution in [0, 0.1) is 19.7 Å². The topological polar surface area (TPSA) is 80.9 Å². The minimum atomic E-state index is -0.640. The molecule has 1 aliphatic rings. The Morgan fingerprint density at radius 2 is 1.88 bits per heavy atom. The third kappa shape index (κ3) is 4.64. The van der Waals surface area contributed by atoms with Crippen LogP contribution in [0.5, 0.6) is 5.75 Å². The molecule has 1 heterocycles. The molecule has 1 aromatic heterocycles. The number of hydrazone groups is 1. The average Bonchev–Trinajstić information content (AvgIpc) is 3.15. The third-order valence-electron chi connectivity index (χ3n) is 5.92. The monoisotopic (exact) mass is 462 g/mol. The van der Waals surface area contributed by atoms with Crippen molar-refractivity contribution in [2.24, 2.45) is 5.10 Å². The number of hydrogen-bond donors (Lipinski definition) is 1. The van der Waals surface area contributed by atoms with E-state index in [2.05, 4.69) is 10.5 Å². The summed E-state index contributed by atoms with van der Waals surface area (Å²) in [6, 6.07) is 11.5. The van der Waals surface area contributed by atoms with Crippen LogP contribution < -0.4 is 10.2 Å². The molecule has 7 heteroatoms. The number of ether oxygens (including phenoxy) is 1. The Bertz CT molecular complexity index is 1290. The van der Waals surface area contributed by atoms with Crippen molar-refractivity contribution in [3.8, 4) is 5.75 Å². The maximum Gasteiger partial charge on any atom is 0.379 e. The Morgan fingerprint density at radius 1 is 1.12 bits per heavy atom. The lowest BCUT2D eigenvalue weighted by atomic mass is 9.93. The Kier molecular flexibility index (Phi) is 6.63. The Morgan fingerprint density at radius 3 is 2.62 bits per heavy atom. The van der Waals surface area contributed by atoms with Crippen LogP contribution in [0.25, 0.3) is 0 Å². The number of esters is 1. The molecule has 3 aromatic rings. The maximum absolute atomic E-state index is 13.9. The van der Waals surface area contributed by atoms with Crippen molar-refractivity contribution in [1.29, 1.82) is 0 Å². The van der Waals surface area contributed by atoms with Crippen molar-refractivity contribution in [2.75, 3.05) is 0 Å². The number of halogens is 1. The minimum absolute atomic E-state index is 0.0878. The van der Waals surface area contributed by atoms with E-state index in [9.17, 15) is 14.0 Å². The van der Waals surface area contributed by atoms with Gasteiger partial charge in [0, 0.05) is 17.5 Å². The molecule has 1 aliphatic carbocycles. The van der Waals surface area contributed by atoms with Crippen LogP contribution in [0.1, 0.15) is 81.5 Å². The van der Waals surface area contributed by atoms with Gasteiger partial charge in [0.2, 0.25) is 5.76 Å². The Balaban J connectivity index is 1.60. The van der Waals surface area contributed by atoms with E-state index in [1.54, 1.807) is 13.0 Å². The zero-order valence-corrected chi connectivity index (χ0v) is 19.7. The second kappa shape index (κ2) is 9.63. The molecular formula is C27H27FN2O4. The van der Waals surface area contributed by atoms with E-state index >= 15 is 0 Å². The van der Waals surface area contributed by atoms with Crippen molar-refractivity contribution >= 4 is 17.6 Å². The van der Waals surface area contributed by atoms with Crippen molar-refractivity contribution < 1.29 is 23.1 Å². The quantitative estimate of drug-likeness (QED) is 0.293. The lowest BCUT2D eigenvalue weighted by Crippen LogP contribution is -2.23. The van der Waals surface area contributed by atoms with Gasteiger partial charge in [-0.15, -0.1) is 0 Å². The van der Waals surface area contributed by atoms with E-state index < -0.39 is 17.7 Å². The minimum Gasteiger partial charge on any atom is -0.453 e. The Hall–Kier alpha value is -3.74. The lowest BCUT2D eigenvalue weighted by Gasteiger charge is -2.13. The largest absolute Gasteiger partial charge is 0.453 e. The normalized spacial score (nSPS) is 14.2. The first-order valence-corrected chi connectivity index (χ1v) is 11.3. The Labute approximate surface area is 197 Å². The van der Waals surface area contributed by atoms with Gasteiger partial charge in [0.25, 0.3) is 5.91 Å². The standard InChI is InChI=1S/C27H27FN2O4/c1-15(2)18-13-12-16(3)14-23(18)34-27(32)25-17(4)24-21(10-7-11-22(24)33-25)29-30-26(31)19-8-5-6-9-20(19)28/h5-6,8-9,12-15H,7,10-11H2,1-4H3,(H,30,31)/b29-21+. The molecule has 0 spiro atoms. The third-order valence-corrected chi connectivity index (χ3v) is 5.92. The van der Waals surface area contributed by atoms with E-state index in [-0.39, 0.29) is 17.2 Å². The highest BCUT2D eigenvalue weighted by atomic mass is 19.1. The number of carbonyl (C=O) groups excluding carboxylic acids is 2. The molecule has 34 heavy (non-hydrogen) atoms. The van der Waals surface area contributed by atoms with Gasteiger partial charge in [-0.25, -0.2) is 14.6 Å². The van der Waals surface area contributed by atoms with E-state index in [1.165, 1.54) is 18.2 Å². The number of fused-ring (bicyclic) bond motifs is 1. The maximum atomic E-state index is 13.9. The van der Waals surface area contributed by atoms with Crippen molar-refractivity contribution in [1.82, 2.24) is 5.43 Å². The zero-order valence-electron chi connectivity index (χ0n) is 19.7. The summed E-state index contributed by atoms with van der Waals surface area (Å²) in [7, 11) is 0. The van der Waals surface area contributed by atoms with Crippen LogP contribution in [0.4, 0.5) is 4.39 Å². The summed E-state index contributed by atoms with van der Waals surface area (Å²) >= 11 is 0. The van der Waals surface area contributed by atoms with Gasteiger partial charge in [0.1, 0.15) is 17.3 Å². The molecular weight excluding hydrogens is 435 g/mol. The van der Waals surface area contributed by atoms with E-state index in [1.807, 2.05) is 39.0 Å². The molecule has 0 saturated carbocycles. The summed E-state index contributed by atoms with van der Waals surface area (Å²) in [5.41, 5.74) is 6.16. The highest BCUT2D eigenvalue weighted by Crippen LogP contribution is 2.32. The smallest absolute Gasteiger partial charge is 0.379 e. The SMILES string of the molecule is Cc1ccc(C(C)C)c(OC(=O)c2oc3c(c2C)/C(=N/NC(=O)c2ccccc2F)CCC3)c1. The predicted molar refractivity (Wildman–Crippen MR) is 127 cm³/mol. The predicted octanol–water partition coefficient (Wildman–Crippen LogP) is 5.85. The van der Waals surface area contributed by atoms with Crippen LogP contribution in [0.15, 0.2) is 52.0 Å². The number of nitrogens with zero attached hydrogens (tertiary/aromatic N) is 1. The van der Waals surface area contributed by atoms with Crippen molar-refractivity contribution in [3.05, 3.63) is 87.6 Å². The summed E-state index contributed by atoms with van der Waals surface area (Å²) in [4.78, 5) is 25.4. The van der Waals surface area contributed by atoms with Crippen LogP contribution >= 0.6 is 0 Å². The summed E-state index contributed by atoms with van der Waals surface area (Å²) in [5, 5.41) is 4.25. The number of amides is 1. The number of carbonyl (C=O) groups is 2. The van der Waals surface area contributed by atoms with Crippen molar-refractivity contribution in [3.63, 3.8) is 0 Å². The van der Waals surface area contributed by atoms with E-state index in [0.29, 0.717) is 41.2 Å². The number of rotatable bonds is 5. The highest BCUT2D eigenvalue weighted by Gasteiger charge is 2.29. The highest BCUT2D eigenvalue weighted by molar-refractivity contribution is 6.06. The van der Waals surface area contributed by atoms with Gasteiger partial charge in [-0.2, -0.15) is 5.10 Å². The van der Waals surface area contributed by atoms with Gasteiger partial charge in [0.05, 0.1) is 11.3 Å². The number of aryl methyl sites for hydroxylation is 2. The van der Waals surface area contributed by atoms with Crippen LogP contribution in [-0.4, -0.2) is 17.6 Å². The van der Waals surface area contributed by atoms with E-state index in [4.69, 9.17) is 9.15 Å². The molecule has 176 valence electrons. The lowest BCUT2D eigenvalue weighted by molar-refractivity contribution is 0.0696. The van der Waals surface area contributed by atoms with Gasteiger partial charge in [-0.3, -0.25) is 4.79 Å². The molecule has 1 amide bonds. The molecule has 6 nitrogen and oxygen atoms in total. The first-order valence-electron chi connectivity index (χ1n) is 11.3. The molecule has 0 unspecified atom stereocenters.